The van der Waals surface area contributed by atoms with Gasteiger partial charge in [-0.15, -0.1) is 0 Å². The molecule has 1 aliphatic rings. The molecule has 3 heterocycles. The number of ether oxygens (including phenoxy) is 1. The fourth-order valence-corrected chi connectivity index (χ4v) is 4.05. The number of nitrogen functional groups attached to an aromatic ring is 2. The third-order valence-corrected chi connectivity index (χ3v) is 5.17. The highest BCUT2D eigenvalue weighted by Crippen LogP contribution is 2.40. The molecule has 0 bridgehead atoms. The molecule has 0 radical (unpaired) electrons. The summed E-state index contributed by atoms with van der Waals surface area (Å²) in [5.74, 6) is 1.42. The third kappa shape index (κ3) is 3.01. The van der Waals surface area contributed by atoms with E-state index < -0.39 is 0 Å². The largest absolute Gasteiger partial charge is 0.382 e. The summed E-state index contributed by atoms with van der Waals surface area (Å²) in [6, 6.07) is 0. The molecule has 2 aromatic heterocycles. The summed E-state index contributed by atoms with van der Waals surface area (Å²) in [4.78, 5) is 12.8. The molecule has 0 spiro atoms. The Bertz CT molecular complexity index is 703. The first kappa shape index (κ1) is 16.4. The highest BCUT2D eigenvalue weighted by molar-refractivity contribution is 9.10. The maximum absolute atomic E-state index is 6.12. The number of fused-ring (bicyclic) bond motifs is 1. The van der Waals surface area contributed by atoms with Gasteiger partial charge in [-0.25, -0.2) is 4.98 Å². The van der Waals surface area contributed by atoms with Crippen LogP contribution in [-0.4, -0.2) is 26.1 Å². The van der Waals surface area contributed by atoms with Crippen molar-refractivity contribution in [2.75, 3.05) is 18.1 Å². The van der Waals surface area contributed by atoms with Crippen LogP contribution in [0.25, 0.3) is 11.2 Å². The zero-order valence-electron chi connectivity index (χ0n) is 13.5. The van der Waals surface area contributed by atoms with Gasteiger partial charge in [0.1, 0.15) is 6.23 Å². The van der Waals surface area contributed by atoms with Crippen LogP contribution in [0.5, 0.6) is 0 Å². The number of rotatable bonds is 4. The highest BCUT2D eigenvalue weighted by atomic mass is 79.9. The molecule has 0 aromatic carbocycles. The van der Waals surface area contributed by atoms with E-state index in [1.165, 1.54) is 6.42 Å². The van der Waals surface area contributed by atoms with Crippen LogP contribution in [0.4, 0.5) is 11.8 Å². The number of imidazole rings is 1. The molecule has 2 aromatic rings. The minimum atomic E-state index is -0.113. The summed E-state index contributed by atoms with van der Waals surface area (Å²) in [6.07, 6.45) is 4.44. The lowest BCUT2D eigenvalue weighted by Crippen LogP contribution is -2.32. The number of hydrogen-bond donors (Lipinski definition) is 2. The number of nitrogens with two attached hydrogens (primary N) is 2. The lowest BCUT2D eigenvalue weighted by molar-refractivity contribution is -0.0900. The Morgan fingerprint density at radius 1 is 1.35 bits per heavy atom. The molecule has 8 heteroatoms. The summed E-state index contributed by atoms with van der Waals surface area (Å²) in [5, 5.41) is 0. The fraction of sp³-hybridized carbons (Fsp3) is 0.667. The van der Waals surface area contributed by atoms with Crippen molar-refractivity contribution in [1.29, 1.82) is 0 Å². The van der Waals surface area contributed by atoms with Crippen LogP contribution in [0.3, 0.4) is 0 Å². The number of halogens is 1. The Labute approximate surface area is 143 Å². The maximum atomic E-state index is 6.12. The Balaban J connectivity index is 2.08. The van der Waals surface area contributed by atoms with Crippen LogP contribution in [0.15, 0.2) is 4.73 Å². The number of aromatic nitrogens is 4. The number of anilines is 2. The van der Waals surface area contributed by atoms with E-state index in [-0.39, 0.29) is 12.2 Å². The van der Waals surface area contributed by atoms with Gasteiger partial charge in [-0.3, -0.25) is 4.57 Å². The van der Waals surface area contributed by atoms with Crippen LogP contribution in [-0.2, 0) is 4.74 Å². The van der Waals surface area contributed by atoms with Crippen molar-refractivity contribution in [3.8, 4) is 0 Å². The summed E-state index contributed by atoms with van der Waals surface area (Å²) >= 11 is 3.53. The molecule has 2 unspecified atom stereocenters. The Morgan fingerprint density at radius 3 is 2.87 bits per heavy atom. The van der Waals surface area contributed by atoms with Gasteiger partial charge in [-0.2, -0.15) is 9.97 Å². The average Bonchev–Trinajstić information content (AvgIpc) is 2.84. The van der Waals surface area contributed by atoms with Crippen molar-refractivity contribution in [3.05, 3.63) is 4.73 Å². The molecular weight excluding hydrogens is 360 g/mol. The third-order valence-electron chi connectivity index (χ3n) is 4.61. The van der Waals surface area contributed by atoms with E-state index in [0.29, 0.717) is 33.6 Å². The van der Waals surface area contributed by atoms with Crippen LogP contribution in [0.2, 0.25) is 0 Å². The molecule has 0 amide bonds. The quantitative estimate of drug-likeness (QED) is 0.786. The van der Waals surface area contributed by atoms with Gasteiger partial charge in [0, 0.05) is 12.5 Å². The monoisotopic (exact) mass is 382 g/mol. The van der Waals surface area contributed by atoms with Gasteiger partial charge in [0.25, 0.3) is 0 Å². The van der Waals surface area contributed by atoms with E-state index in [0.717, 1.165) is 25.9 Å². The predicted octanol–water partition coefficient (Wildman–Crippen LogP) is 3.11. The molecule has 23 heavy (non-hydrogen) atoms. The smallest absolute Gasteiger partial charge is 0.224 e. The topological polar surface area (TPSA) is 105 Å². The first-order valence-electron chi connectivity index (χ1n) is 8.11. The number of hydrogen-bond acceptors (Lipinski definition) is 6. The first-order chi connectivity index (χ1) is 11.0. The second-order valence-corrected chi connectivity index (χ2v) is 6.93. The SMILES string of the molecule is CCC[C@H](C)C1CCCOC1n1c(Br)nc2c(N)nc(N)nc21. The van der Waals surface area contributed by atoms with Crippen LogP contribution in [0.1, 0.15) is 45.8 Å². The lowest BCUT2D eigenvalue weighted by Gasteiger charge is -2.36. The summed E-state index contributed by atoms with van der Waals surface area (Å²) < 4.78 is 8.75. The van der Waals surface area contributed by atoms with Crippen molar-refractivity contribution in [2.24, 2.45) is 11.8 Å². The summed E-state index contributed by atoms with van der Waals surface area (Å²) in [6.45, 7) is 5.25. The van der Waals surface area contributed by atoms with Gasteiger partial charge in [0.05, 0.1) is 0 Å². The minimum Gasteiger partial charge on any atom is -0.382 e. The van der Waals surface area contributed by atoms with Gasteiger partial charge in [0.2, 0.25) is 5.95 Å². The second kappa shape index (κ2) is 6.60. The van der Waals surface area contributed by atoms with Crippen molar-refractivity contribution >= 4 is 38.9 Å². The van der Waals surface area contributed by atoms with Gasteiger partial charge in [0.15, 0.2) is 21.7 Å². The van der Waals surface area contributed by atoms with Gasteiger partial charge in [-0.1, -0.05) is 26.7 Å². The standard InChI is InChI=1S/C15H23BrN6O/c1-3-5-8(2)9-6-4-7-23-13(9)22-12-10(19-14(22)16)11(17)20-15(18)21-12/h8-9,13H,3-7H2,1-2H3,(H4,17,18,20,21)/t8-,9?,13?/m0/s1. The molecule has 3 rings (SSSR count). The molecule has 1 saturated heterocycles. The molecule has 126 valence electrons. The normalized spacial score (nSPS) is 23.3. The summed E-state index contributed by atoms with van der Waals surface area (Å²) in [7, 11) is 0. The molecule has 4 N–H and O–H groups in total. The molecule has 1 aliphatic heterocycles. The molecule has 7 nitrogen and oxygen atoms in total. The second-order valence-electron chi connectivity index (χ2n) is 6.22. The average molecular weight is 383 g/mol. The van der Waals surface area contributed by atoms with Crippen LogP contribution in [0, 0.1) is 11.8 Å². The molecule has 1 fully saturated rings. The van der Waals surface area contributed by atoms with E-state index in [1.54, 1.807) is 0 Å². The van der Waals surface area contributed by atoms with Gasteiger partial charge in [-0.05, 0) is 34.7 Å². The van der Waals surface area contributed by atoms with Crippen molar-refractivity contribution in [1.82, 2.24) is 19.5 Å². The van der Waals surface area contributed by atoms with E-state index in [2.05, 4.69) is 44.7 Å². The zero-order valence-corrected chi connectivity index (χ0v) is 15.1. The fourth-order valence-electron chi connectivity index (χ4n) is 3.50. The zero-order chi connectivity index (χ0) is 16.6. The predicted molar refractivity (Wildman–Crippen MR) is 93.6 cm³/mol. The van der Waals surface area contributed by atoms with E-state index in [9.17, 15) is 0 Å². The van der Waals surface area contributed by atoms with E-state index in [4.69, 9.17) is 16.2 Å². The van der Waals surface area contributed by atoms with E-state index >= 15 is 0 Å². The maximum Gasteiger partial charge on any atom is 0.224 e. The Morgan fingerprint density at radius 2 is 2.13 bits per heavy atom. The first-order valence-corrected chi connectivity index (χ1v) is 8.90. The van der Waals surface area contributed by atoms with E-state index in [1.807, 2.05) is 4.57 Å². The Hall–Kier alpha value is -1.41. The summed E-state index contributed by atoms with van der Waals surface area (Å²) in [5.41, 5.74) is 12.9. The van der Waals surface area contributed by atoms with Gasteiger partial charge < -0.3 is 16.2 Å². The molecule has 0 saturated carbocycles. The lowest BCUT2D eigenvalue weighted by atomic mass is 9.84. The van der Waals surface area contributed by atoms with Crippen LogP contribution < -0.4 is 11.5 Å². The van der Waals surface area contributed by atoms with Crippen molar-refractivity contribution < 1.29 is 4.74 Å². The van der Waals surface area contributed by atoms with Crippen molar-refractivity contribution in [3.63, 3.8) is 0 Å². The Kier molecular flexibility index (Phi) is 4.72. The molecule has 0 aliphatic carbocycles. The highest BCUT2D eigenvalue weighted by Gasteiger charge is 2.34. The van der Waals surface area contributed by atoms with Crippen LogP contribution >= 0.6 is 15.9 Å². The van der Waals surface area contributed by atoms with Crippen molar-refractivity contribution in [2.45, 2.75) is 45.8 Å². The van der Waals surface area contributed by atoms with Gasteiger partial charge >= 0.3 is 0 Å². The molecule has 3 atom stereocenters. The number of nitrogens with zero attached hydrogens (tertiary/aromatic N) is 4. The molecular formula is C15H23BrN6O. The minimum absolute atomic E-state index is 0.113.